The van der Waals surface area contributed by atoms with E-state index in [4.69, 9.17) is 0 Å². The van der Waals surface area contributed by atoms with E-state index in [0.717, 1.165) is 35.7 Å². The van der Waals surface area contributed by atoms with Gasteiger partial charge in [-0.25, -0.2) is 8.42 Å². The highest BCUT2D eigenvalue weighted by atomic mass is 79.9. The summed E-state index contributed by atoms with van der Waals surface area (Å²) in [5.74, 6) is -0.169. The molecule has 0 radical (unpaired) electrons. The average molecular weight is 422 g/mol. The lowest BCUT2D eigenvalue weighted by atomic mass is 10.1. The van der Waals surface area contributed by atoms with Crippen molar-refractivity contribution in [3.8, 4) is 0 Å². The molecule has 2 aromatic rings. The van der Waals surface area contributed by atoms with Gasteiger partial charge in [0, 0.05) is 10.2 Å². The summed E-state index contributed by atoms with van der Waals surface area (Å²) in [6, 6.07) is 14.1. The Morgan fingerprint density at radius 3 is 2.44 bits per heavy atom. The van der Waals surface area contributed by atoms with Crippen LogP contribution in [0.5, 0.6) is 0 Å². The summed E-state index contributed by atoms with van der Waals surface area (Å²) >= 11 is 3.36. The van der Waals surface area contributed by atoms with Crippen LogP contribution in [0, 0.1) is 0 Å². The molecule has 1 aliphatic carbocycles. The van der Waals surface area contributed by atoms with Crippen LogP contribution in [0.4, 0.5) is 5.69 Å². The summed E-state index contributed by atoms with van der Waals surface area (Å²) < 4.78 is 26.3. The van der Waals surface area contributed by atoms with Gasteiger partial charge < -0.3 is 5.32 Å². The Morgan fingerprint density at radius 2 is 1.76 bits per heavy atom. The molecule has 0 unspecified atom stereocenters. The molecule has 3 rings (SSSR count). The van der Waals surface area contributed by atoms with Gasteiger partial charge in [0.25, 0.3) is 0 Å². The van der Waals surface area contributed by atoms with Crippen LogP contribution < -0.4 is 5.32 Å². The Labute approximate surface area is 156 Å². The minimum Gasteiger partial charge on any atom is -0.326 e. The second-order valence-corrected chi connectivity index (χ2v) is 9.47. The fourth-order valence-electron chi connectivity index (χ4n) is 3.13. The van der Waals surface area contributed by atoms with Gasteiger partial charge in [0.15, 0.2) is 9.84 Å². The van der Waals surface area contributed by atoms with E-state index in [1.165, 1.54) is 0 Å². The first kappa shape index (κ1) is 18.1. The normalized spacial score (nSPS) is 15.2. The van der Waals surface area contributed by atoms with Gasteiger partial charge in [0.2, 0.25) is 5.91 Å². The number of hydrogen-bond acceptors (Lipinski definition) is 3. The van der Waals surface area contributed by atoms with Crippen molar-refractivity contribution < 1.29 is 13.2 Å². The molecule has 1 amide bonds. The number of amides is 1. The van der Waals surface area contributed by atoms with Crippen molar-refractivity contribution >= 4 is 37.4 Å². The van der Waals surface area contributed by atoms with Gasteiger partial charge in [-0.05, 0) is 48.7 Å². The number of benzene rings is 2. The molecule has 0 aromatic heterocycles. The maximum atomic E-state index is 12.7. The molecule has 1 aliphatic rings. The van der Waals surface area contributed by atoms with Crippen LogP contribution in [0.25, 0.3) is 0 Å². The van der Waals surface area contributed by atoms with E-state index < -0.39 is 9.84 Å². The first-order chi connectivity index (χ1) is 11.9. The highest BCUT2D eigenvalue weighted by Crippen LogP contribution is 2.30. The van der Waals surface area contributed by atoms with E-state index in [2.05, 4.69) is 21.2 Å². The lowest BCUT2D eigenvalue weighted by molar-refractivity contribution is -0.115. The zero-order chi connectivity index (χ0) is 17.9. The zero-order valence-corrected chi connectivity index (χ0v) is 16.1. The highest BCUT2D eigenvalue weighted by Gasteiger charge is 2.30. The molecule has 0 bridgehead atoms. The van der Waals surface area contributed by atoms with Gasteiger partial charge in [-0.15, -0.1) is 0 Å². The number of halogens is 1. The van der Waals surface area contributed by atoms with E-state index in [0.29, 0.717) is 10.6 Å². The fourth-order valence-corrected chi connectivity index (χ4v) is 5.30. The molecule has 0 heterocycles. The Bertz CT molecular complexity index is 856. The van der Waals surface area contributed by atoms with Gasteiger partial charge in [-0.1, -0.05) is 47.0 Å². The van der Waals surface area contributed by atoms with Crippen LogP contribution in [0.3, 0.4) is 0 Å². The summed E-state index contributed by atoms with van der Waals surface area (Å²) in [6.07, 6.45) is 3.62. The van der Waals surface area contributed by atoms with Crippen molar-refractivity contribution in [2.45, 2.75) is 42.2 Å². The second-order valence-electron chi connectivity index (χ2n) is 6.33. The van der Waals surface area contributed by atoms with Crippen LogP contribution in [0.15, 0.2) is 57.9 Å². The third kappa shape index (κ3) is 4.50. The number of sulfone groups is 1. The van der Waals surface area contributed by atoms with Crippen LogP contribution >= 0.6 is 15.9 Å². The summed E-state index contributed by atoms with van der Waals surface area (Å²) in [6.45, 7) is 0. The Balaban J connectivity index is 1.71. The zero-order valence-electron chi connectivity index (χ0n) is 13.7. The molecule has 1 fully saturated rings. The monoisotopic (exact) mass is 421 g/mol. The van der Waals surface area contributed by atoms with Gasteiger partial charge in [-0.3, -0.25) is 4.79 Å². The SMILES string of the molecule is O=C(Cc1ccc(Br)cc1)Nc1cccc(S(=O)(=O)C2CCCC2)c1. The van der Waals surface area contributed by atoms with Crippen molar-refractivity contribution in [2.24, 2.45) is 0 Å². The molecule has 0 aliphatic heterocycles. The summed E-state index contributed by atoms with van der Waals surface area (Å²) in [4.78, 5) is 12.5. The minimum atomic E-state index is -3.32. The molecule has 1 N–H and O–H groups in total. The van der Waals surface area contributed by atoms with Gasteiger partial charge in [0.05, 0.1) is 16.6 Å². The molecule has 132 valence electrons. The van der Waals surface area contributed by atoms with E-state index in [1.54, 1.807) is 24.3 Å². The van der Waals surface area contributed by atoms with E-state index in [9.17, 15) is 13.2 Å². The predicted octanol–water partition coefficient (Wildman–Crippen LogP) is 4.35. The van der Waals surface area contributed by atoms with E-state index in [-0.39, 0.29) is 17.6 Å². The standard InChI is InChI=1S/C19H20BrNO3S/c20-15-10-8-14(9-11-15)12-19(22)21-16-4-3-7-18(13-16)25(23,24)17-5-1-2-6-17/h3-4,7-11,13,17H,1-2,5-6,12H2,(H,21,22). The number of anilines is 1. The lowest BCUT2D eigenvalue weighted by Crippen LogP contribution is -2.18. The molecule has 25 heavy (non-hydrogen) atoms. The Hall–Kier alpha value is -1.66. The molecule has 2 aromatic carbocycles. The largest absolute Gasteiger partial charge is 0.326 e. The number of carbonyl (C=O) groups is 1. The van der Waals surface area contributed by atoms with Crippen LogP contribution in [0.2, 0.25) is 0 Å². The minimum absolute atomic E-state index is 0.169. The molecule has 1 saturated carbocycles. The Kier molecular flexibility index (Phi) is 5.59. The smallest absolute Gasteiger partial charge is 0.228 e. The van der Waals surface area contributed by atoms with E-state index in [1.807, 2.05) is 24.3 Å². The maximum absolute atomic E-state index is 12.7. The predicted molar refractivity (Wildman–Crippen MR) is 102 cm³/mol. The van der Waals surface area contributed by atoms with Gasteiger partial charge >= 0.3 is 0 Å². The summed E-state index contributed by atoms with van der Waals surface area (Å²) in [5.41, 5.74) is 1.41. The van der Waals surface area contributed by atoms with Gasteiger partial charge in [-0.2, -0.15) is 0 Å². The summed E-state index contributed by atoms with van der Waals surface area (Å²) in [7, 11) is -3.32. The molecule has 0 saturated heterocycles. The number of carbonyl (C=O) groups excluding carboxylic acids is 1. The molecular formula is C19H20BrNO3S. The number of nitrogens with one attached hydrogen (secondary N) is 1. The highest BCUT2D eigenvalue weighted by molar-refractivity contribution is 9.10. The second kappa shape index (κ2) is 7.70. The first-order valence-corrected chi connectivity index (χ1v) is 10.7. The molecular weight excluding hydrogens is 402 g/mol. The van der Waals surface area contributed by atoms with Crippen molar-refractivity contribution in [1.29, 1.82) is 0 Å². The van der Waals surface area contributed by atoms with Crippen molar-refractivity contribution in [3.63, 3.8) is 0 Å². The molecule has 6 heteroatoms. The van der Waals surface area contributed by atoms with Crippen LogP contribution in [-0.4, -0.2) is 19.6 Å². The van der Waals surface area contributed by atoms with E-state index >= 15 is 0 Å². The summed E-state index contributed by atoms with van der Waals surface area (Å²) in [5, 5.41) is 2.50. The fraction of sp³-hybridized carbons (Fsp3) is 0.316. The number of rotatable bonds is 5. The van der Waals surface area contributed by atoms with Crippen LogP contribution in [0.1, 0.15) is 31.2 Å². The molecule has 0 atom stereocenters. The average Bonchev–Trinajstić information content (AvgIpc) is 3.12. The van der Waals surface area contributed by atoms with Crippen molar-refractivity contribution in [2.75, 3.05) is 5.32 Å². The quantitative estimate of drug-likeness (QED) is 0.780. The van der Waals surface area contributed by atoms with Crippen LogP contribution in [-0.2, 0) is 21.1 Å². The number of hydrogen-bond donors (Lipinski definition) is 1. The third-order valence-electron chi connectivity index (χ3n) is 4.47. The molecule has 4 nitrogen and oxygen atoms in total. The van der Waals surface area contributed by atoms with Gasteiger partial charge in [0.1, 0.15) is 0 Å². The van der Waals surface area contributed by atoms with Crippen molar-refractivity contribution in [1.82, 2.24) is 0 Å². The Morgan fingerprint density at radius 1 is 1.08 bits per heavy atom. The topological polar surface area (TPSA) is 63.2 Å². The lowest BCUT2D eigenvalue weighted by Gasteiger charge is -2.12. The third-order valence-corrected chi connectivity index (χ3v) is 7.25. The molecule has 0 spiro atoms. The maximum Gasteiger partial charge on any atom is 0.228 e. The first-order valence-electron chi connectivity index (χ1n) is 8.33. The van der Waals surface area contributed by atoms with Crippen molar-refractivity contribution in [3.05, 3.63) is 58.6 Å².